The third-order valence-electron chi connectivity index (χ3n) is 4.89. The number of rotatable bonds is 4. The summed E-state index contributed by atoms with van der Waals surface area (Å²) >= 11 is 0. The van der Waals surface area contributed by atoms with Crippen LogP contribution in [0, 0.1) is 20.8 Å². The standard InChI is InChI=1S/C21H28N2O2/c1-14-6-8-19(9-7-14)23-15(2)10-20(18(23)5)21(24)13-22-11-16(3)25-17(4)12-22/h6-10,16-17H,11-13H2,1-5H3/t16-,17+. The number of benzene rings is 1. The fourth-order valence-corrected chi connectivity index (χ4v) is 3.84. The largest absolute Gasteiger partial charge is 0.373 e. The third kappa shape index (κ3) is 3.86. The number of hydrogen-bond acceptors (Lipinski definition) is 3. The van der Waals surface area contributed by atoms with E-state index in [2.05, 4.69) is 61.4 Å². The van der Waals surface area contributed by atoms with Gasteiger partial charge in [0, 0.05) is 35.7 Å². The fourth-order valence-electron chi connectivity index (χ4n) is 3.84. The summed E-state index contributed by atoms with van der Waals surface area (Å²) in [4.78, 5) is 15.1. The molecule has 0 bridgehead atoms. The Morgan fingerprint density at radius 2 is 1.68 bits per heavy atom. The lowest BCUT2D eigenvalue weighted by molar-refractivity contribution is -0.0652. The summed E-state index contributed by atoms with van der Waals surface area (Å²) in [5, 5.41) is 0. The molecule has 1 fully saturated rings. The maximum absolute atomic E-state index is 12.9. The zero-order valence-corrected chi connectivity index (χ0v) is 15.9. The second kappa shape index (κ2) is 7.14. The number of ketones is 1. The van der Waals surface area contributed by atoms with E-state index in [-0.39, 0.29) is 18.0 Å². The highest BCUT2D eigenvalue weighted by Crippen LogP contribution is 2.22. The van der Waals surface area contributed by atoms with Gasteiger partial charge in [-0.3, -0.25) is 9.69 Å². The summed E-state index contributed by atoms with van der Waals surface area (Å²) in [5.41, 5.74) is 5.27. The van der Waals surface area contributed by atoms with Crippen molar-refractivity contribution in [3.05, 3.63) is 52.8 Å². The van der Waals surface area contributed by atoms with Gasteiger partial charge in [0.2, 0.25) is 0 Å². The lowest BCUT2D eigenvalue weighted by Gasteiger charge is -2.34. The van der Waals surface area contributed by atoms with Crippen molar-refractivity contribution in [1.82, 2.24) is 9.47 Å². The van der Waals surface area contributed by atoms with E-state index < -0.39 is 0 Å². The molecule has 0 N–H and O–H groups in total. The minimum Gasteiger partial charge on any atom is -0.373 e. The van der Waals surface area contributed by atoms with Gasteiger partial charge in [-0.1, -0.05) is 17.7 Å². The van der Waals surface area contributed by atoms with Crippen molar-refractivity contribution in [1.29, 1.82) is 0 Å². The maximum atomic E-state index is 12.9. The van der Waals surface area contributed by atoms with Crippen molar-refractivity contribution in [2.24, 2.45) is 0 Å². The van der Waals surface area contributed by atoms with Crippen LogP contribution in [0.5, 0.6) is 0 Å². The lowest BCUT2D eigenvalue weighted by atomic mass is 10.1. The SMILES string of the molecule is Cc1ccc(-n2c(C)cc(C(=O)CN3C[C@@H](C)O[C@@H](C)C3)c2C)cc1. The molecule has 4 heteroatoms. The molecule has 0 unspecified atom stereocenters. The number of aryl methyl sites for hydroxylation is 2. The number of hydrogen-bond donors (Lipinski definition) is 0. The number of aromatic nitrogens is 1. The van der Waals surface area contributed by atoms with Crippen molar-refractivity contribution < 1.29 is 9.53 Å². The van der Waals surface area contributed by atoms with Crippen LogP contribution in [0.2, 0.25) is 0 Å². The van der Waals surface area contributed by atoms with Crippen LogP contribution in [0.15, 0.2) is 30.3 Å². The molecule has 0 aliphatic carbocycles. The Labute approximate surface area is 150 Å². The van der Waals surface area contributed by atoms with Crippen molar-refractivity contribution >= 4 is 5.78 Å². The van der Waals surface area contributed by atoms with Gasteiger partial charge in [0.25, 0.3) is 0 Å². The smallest absolute Gasteiger partial charge is 0.178 e. The molecule has 1 aromatic heterocycles. The Morgan fingerprint density at radius 1 is 1.08 bits per heavy atom. The van der Waals surface area contributed by atoms with Gasteiger partial charge in [0.1, 0.15) is 0 Å². The molecule has 1 aliphatic heterocycles. The number of nitrogens with zero attached hydrogens (tertiary/aromatic N) is 2. The van der Waals surface area contributed by atoms with Crippen LogP contribution in [-0.4, -0.2) is 47.1 Å². The zero-order chi connectivity index (χ0) is 18.1. The third-order valence-corrected chi connectivity index (χ3v) is 4.89. The van der Waals surface area contributed by atoms with E-state index in [9.17, 15) is 4.79 Å². The van der Waals surface area contributed by atoms with E-state index in [1.807, 2.05) is 13.0 Å². The van der Waals surface area contributed by atoms with E-state index in [1.54, 1.807) is 0 Å². The summed E-state index contributed by atoms with van der Waals surface area (Å²) in [6, 6.07) is 10.4. The first-order valence-electron chi connectivity index (χ1n) is 9.02. The van der Waals surface area contributed by atoms with E-state index in [0.717, 1.165) is 35.7 Å². The van der Waals surface area contributed by atoms with Crippen LogP contribution in [-0.2, 0) is 4.74 Å². The molecule has 2 aromatic rings. The average molecular weight is 340 g/mol. The molecule has 134 valence electrons. The molecule has 1 aromatic carbocycles. The fraction of sp³-hybridized carbons (Fsp3) is 0.476. The van der Waals surface area contributed by atoms with Gasteiger partial charge < -0.3 is 9.30 Å². The highest BCUT2D eigenvalue weighted by atomic mass is 16.5. The summed E-state index contributed by atoms with van der Waals surface area (Å²) in [6.07, 6.45) is 0.355. The Hall–Kier alpha value is -1.91. The second-order valence-corrected chi connectivity index (χ2v) is 7.33. The Kier molecular flexibility index (Phi) is 5.11. The molecule has 25 heavy (non-hydrogen) atoms. The highest BCUT2D eigenvalue weighted by molar-refractivity contribution is 5.99. The molecule has 3 rings (SSSR count). The van der Waals surface area contributed by atoms with Gasteiger partial charge in [0.15, 0.2) is 5.78 Å². The average Bonchev–Trinajstić information content (AvgIpc) is 2.82. The number of carbonyl (C=O) groups is 1. The second-order valence-electron chi connectivity index (χ2n) is 7.33. The lowest BCUT2D eigenvalue weighted by Crippen LogP contribution is -2.47. The summed E-state index contributed by atoms with van der Waals surface area (Å²) < 4.78 is 7.92. The summed E-state index contributed by atoms with van der Waals surface area (Å²) in [6.45, 7) is 12.4. The molecule has 2 atom stereocenters. The highest BCUT2D eigenvalue weighted by Gasteiger charge is 2.25. The van der Waals surface area contributed by atoms with Crippen LogP contribution in [0.3, 0.4) is 0 Å². The van der Waals surface area contributed by atoms with Crippen LogP contribution >= 0.6 is 0 Å². The molecule has 1 saturated heterocycles. The van der Waals surface area contributed by atoms with Gasteiger partial charge in [0.05, 0.1) is 18.8 Å². The first kappa shape index (κ1) is 17.9. The molecule has 4 nitrogen and oxygen atoms in total. The zero-order valence-electron chi connectivity index (χ0n) is 15.9. The van der Waals surface area contributed by atoms with Crippen LogP contribution in [0.1, 0.15) is 41.2 Å². The van der Waals surface area contributed by atoms with Crippen molar-refractivity contribution in [2.75, 3.05) is 19.6 Å². The Bertz CT molecular complexity index is 751. The minimum atomic E-state index is 0.177. The number of carbonyl (C=O) groups excluding carboxylic acids is 1. The number of Topliss-reactive ketones (excluding diaryl/α,β-unsaturated/α-hetero) is 1. The van der Waals surface area contributed by atoms with Gasteiger partial charge >= 0.3 is 0 Å². The summed E-state index contributed by atoms with van der Waals surface area (Å²) in [7, 11) is 0. The Morgan fingerprint density at radius 3 is 2.28 bits per heavy atom. The monoisotopic (exact) mass is 340 g/mol. The first-order valence-corrected chi connectivity index (χ1v) is 9.02. The van der Waals surface area contributed by atoms with E-state index in [4.69, 9.17) is 4.74 Å². The quantitative estimate of drug-likeness (QED) is 0.796. The van der Waals surface area contributed by atoms with Crippen molar-refractivity contribution in [3.8, 4) is 5.69 Å². The molecule has 0 radical (unpaired) electrons. The maximum Gasteiger partial charge on any atom is 0.178 e. The molecule has 0 spiro atoms. The molecular weight excluding hydrogens is 312 g/mol. The van der Waals surface area contributed by atoms with Crippen LogP contribution < -0.4 is 0 Å². The first-order chi connectivity index (χ1) is 11.8. The van der Waals surface area contributed by atoms with Crippen molar-refractivity contribution in [2.45, 2.75) is 46.8 Å². The molecule has 2 heterocycles. The number of morpholine rings is 1. The predicted molar refractivity (Wildman–Crippen MR) is 101 cm³/mol. The van der Waals surface area contributed by atoms with Gasteiger partial charge in [-0.25, -0.2) is 0 Å². The van der Waals surface area contributed by atoms with Gasteiger partial charge in [-0.15, -0.1) is 0 Å². The molecule has 0 amide bonds. The topological polar surface area (TPSA) is 34.5 Å². The van der Waals surface area contributed by atoms with Gasteiger partial charge in [-0.05, 0) is 52.8 Å². The molecular formula is C21H28N2O2. The van der Waals surface area contributed by atoms with Crippen molar-refractivity contribution in [3.63, 3.8) is 0 Å². The van der Waals surface area contributed by atoms with E-state index in [0.29, 0.717) is 6.54 Å². The minimum absolute atomic E-state index is 0.177. The van der Waals surface area contributed by atoms with E-state index >= 15 is 0 Å². The van der Waals surface area contributed by atoms with Gasteiger partial charge in [-0.2, -0.15) is 0 Å². The molecule has 0 saturated carbocycles. The Balaban J connectivity index is 1.82. The molecule has 1 aliphatic rings. The van der Waals surface area contributed by atoms with Crippen LogP contribution in [0.25, 0.3) is 5.69 Å². The normalized spacial score (nSPS) is 21.5. The van der Waals surface area contributed by atoms with Crippen LogP contribution in [0.4, 0.5) is 0 Å². The van der Waals surface area contributed by atoms with E-state index in [1.165, 1.54) is 5.56 Å². The predicted octanol–water partition coefficient (Wildman–Crippen LogP) is 3.69. The summed E-state index contributed by atoms with van der Waals surface area (Å²) in [5.74, 6) is 0.188. The number of ether oxygens (including phenoxy) is 1.